The summed E-state index contributed by atoms with van der Waals surface area (Å²) in [6.07, 6.45) is 3.38. The highest BCUT2D eigenvalue weighted by Crippen LogP contribution is 2.37. The molecule has 4 aromatic rings. The first kappa shape index (κ1) is 21.2. The molecule has 5 rings (SSSR count). The maximum absolute atomic E-state index is 13.6. The Hall–Kier alpha value is -4.66. The Morgan fingerprint density at radius 3 is 2.76 bits per heavy atom. The van der Waals surface area contributed by atoms with Gasteiger partial charge >= 0.3 is 0 Å². The summed E-state index contributed by atoms with van der Waals surface area (Å²) in [5.41, 5.74) is 3.11. The van der Waals surface area contributed by atoms with Crippen molar-refractivity contribution < 1.29 is 14.6 Å². The van der Waals surface area contributed by atoms with Crippen LogP contribution >= 0.6 is 0 Å². The van der Waals surface area contributed by atoms with E-state index in [1.165, 1.54) is 0 Å². The number of phenolic OH excluding ortho intramolecular Hbond substituents is 1. The Morgan fingerprint density at radius 1 is 1.15 bits per heavy atom. The summed E-state index contributed by atoms with van der Waals surface area (Å²) in [6.45, 7) is 1.83. The Labute approximate surface area is 195 Å². The predicted octanol–water partition coefficient (Wildman–Crippen LogP) is 3.98. The molecule has 1 amide bonds. The van der Waals surface area contributed by atoms with Crippen molar-refractivity contribution in [2.45, 2.75) is 13.0 Å². The molecule has 0 bridgehead atoms. The normalized spacial score (nSPS) is 14.8. The van der Waals surface area contributed by atoms with E-state index in [-0.39, 0.29) is 11.7 Å². The number of hydrogen-bond acceptors (Lipinski definition) is 7. The monoisotopic (exact) mass is 454 g/mol. The first-order valence-electron chi connectivity index (χ1n) is 10.6. The van der Waals surface area contributed by atoms with Crippen molar-refractivity contribution in [3.63, 3.8) is 0 Å². The number of rotatable bonds is 5. The van der Waals surface area contributed by atoms with Crippen LogP contribution in [0.4, 0.5) is 11.6 Å². The topological polar surface area (TPSA) is 114 Å². The number of fused-ring (bicyclic) bond motifs is 1. The number of para-hydroxylation sites is 2. The van der Waals surface area contributed by atoms with E-state index in [1.54, 1.807) is 54.5 Å². The summed E-state index contributed by atoms with van der Waals surface area (Å²) in [6, 6.07) is 17.1. The van der Waals surface area contributed by atoms with Gasteiger partial charge in [-0.25, -0.2) is 4.68 Å². The third kappa shape index (κ3) is 3.83. The first-order chi connectivity index (χ1) is 16.5. The number of phenols is 1. The molecule has 1 aliphatic rings. The molecule has 9 nitrogen and oxygen atoms in total. The van der Waals surface area contributed by atoms with Gasteiger partial charge in [-0.15, -0.1) is 5.10 Å². The first-order valence-corrected chi connectivity index (χ1v) is 10.6. The van der Waals surface area contributed by atoms with Crippen molar-refractivity contribution in [3.05, 3.63) is 89.9 Å². The van der Waals surface area contributed by atoms with Crippen molar-refractivity contribution in [1.82, 2.24) is 19.7 Å². The van der Waals surface area contributed by atoms with Gasteiger partial charge in [0.2, 0.25) is 5.95 Å². The number of nitrogens with one attached hydrogen (secondary N) is 2. The number of ether oxygens (including phenoxy) is 1. The van der Waals surface area contributed by atoms with Crippen LogP contribution < -0.4 is 15.4 Å². The number of nitrogens with zero attached hydrogens (tertiary/aromatic N) is 4. The maximum Gasteiger partial charge on any atom is 0.255 e. The van der Waals surface area contributed by atoms with Gasteiger partial charge < -0.3 is 20.5 Å². The van der Waals surface area contributed by atoms with E-state index >= 15 is 0 Å². The number of carbonyl (C=O) groups is 1. The standard InChI is InChI=1S/C25H22N6O3/c1-15-21(24(33)28-19-10-3-4-11-20(19)34-2)22(17-8-6-12-26-14-17)31-25(27-15)29-23(30-31)16-7-5-9-18(32)13-16/h3-14,22,32H,1-2H3,(H,28,33)(H,27,29,30). The molecule has 0 radical (unpaired) electrons. The van der Waals surface area contributed by atoms with Gasteiger partial charge in [0, 0.05) is 23.7 Å². The summed E-state index contributed by atoms with van der Waals surface area (Å²) in [5, 5.41) is 20.7. The smallest absolute Gasteiger partial charge is 0.255 e. The van der Waals surface area contributed by atoms with E-state index in [0.29, 0.717) is 40.0 Å². The van der Waals surface area contributed by atoms with E-state index in [9.17, 15) is 9.90 Å². The molecule has 3 N–H and O–H groups in total. The van der Waals surface area contributed by atoms with E-state index in [4.69, 9.17) is 9.84 Å². The predicted molar refractivity (Wildman–Crippen MR) is 127 cm³/mol. The molecule has 0 fully saturated rings. The molecule has 2 aromatic heterocycles. The number of hydrogen-bond donors (Lipinski definition) is 3. The average Bonchev–Trinajstić information content (AvgIpc) is 3.27. The number of benzene rings is 2. The molecule has 3 heterocycles. The third-order valence-electron chi connectivity index (χ3n) is 5.56. The van der Waals surface area contributed by atoms with Gasteiger partial charge in [0.05, 0.1) is 18.4 Å². The van der Waals surface area contributed by atoms with Gasteiger partial charge in [-0.05, 0) is 42.8 Å². The van der Waals surface area contributed by atoms with Crippen LogP contribution in [0.15, 0.2) is 84.3 Å². The van der Waals surface area contributed by atoms with Crippen LogP contribution in [0.25, 0.3) is 11.4 Å². The Kier molecular flexibility index (Phi) is 5.43. The number of allylic oxidation sites excluding steroid dienone is 1. The minimum atomic E-state index is -0.571. The number of anilines is 2. The molecule has 0 aliphatic carbocycles. The van der Waals surface area contributed by atoms with Crippen LogP contribution in [0.1, 0.15) is 18.5 Å². The molecular formula is C25H22N6O3. The van der Waals surface area contributed by atoms with E-state index in [0.717, 1.165) is 5.56 Å². The van der Waals surface area contributed by atoms with Gasteiger partial charge in [-0.3, -0.25) is 9.78 Å². The molecule has 9 heteroatoms. The van der Waals surface area contributed by atoms with Gasteiger partial charge in [0.1, 0.15) is 17.5 Å². The summed E-state index contributed by atoms with van der Waals surface area (Å²) < 4.78 is 7.05. The van der Waals surface area contributed by atoms with Gasteiger partial charge in [-0.1, -0.05) is 30.3 Å². The van der Waals surface area contributed by atoms with E-state index in [2.05, 4.69) is 20.6 Å². The molecule has 1 unspecified atom stereocenters. The highest BCUT2D eigenvalue weighted by Gasteiger charge is 2.35. The maximum atomic E-state index is 13.6. The summed E-state index contributed by atoms with van der Waals surface area (Å²) >= 11 is 0. The fourth-order valence-corrected chi connectivity index (χ4v) is 4.00. The Balaban J connectivity index is 1.59. The average molecular weight is 454 g/mol. The van der Waals surface area contributed by atoms with Crippen molar-refractivity contribution in [2.75, 3.05) is 17.7 Å². The van der Waals surface area contributed by atoms with Gasteiger partial charge in [-0.2, -0.15) is 4.98 Å². The van der Waals surface area contributed by atoms with Gasteiger partial charge in [0.15, 0.2) is 5.82 Å². The fourth-order valence-electron chi connectivity index (χ4n) is 4.00. The molecule has 0 saturated heterocycles. The molecule has 1 aliphatic heterocycles. The van der Waals surface area contributed by atoms with Crippen LogP contribution in [0.5, 0.6) is 11.5 Å². The number of pyridine rings is 1. The lowest BCUT2D eigenvalue weighted by Gasteiger charge is -2.28. The van der Waals surface area contributed by atoms with E-state index < -0.39 is 6.04 Å². The Bertz CT molecular complexity index is 1400. The van der Waals surface area contributed by atoms with Crippen molar-refractivity contribution in [2.24, 2.45) is 0 Å². The largest absolute Gasteiger partial charge is 0.508 e. The third-order valence-corrected chi connectivity index (χ3v) is 5.56. The molecule has 1 atom stereocenters. The summed E-state index contributed by atoms with van der Waals surface area (Å²) in [4.78, 5) is 22.4. The number of amides is 1. The quantitative estimate of drug-likeness (QED) is 0.418. The lowest BCUT2D eigenvalue weighted by molar-refractivity contribution is -0.113. The summed E-state index contributed by atoms with van der Waals surface area (Å²) in [7, 11) is 1.56. The molecule has 2 aromatic carbocycles. The zero-order valence-electron chi connectivity index (χ0n) is 18.6. The highest BCUT2D eigenvalue weighted by atomic mass is 16.5. The number of carbonyl (C=O) groups excluding carboxylic acids is 1. The lowest BCUT2D eigenvalue weighted by Crippen LogP contribution is -2.31. The molecule has 0 saturated carbocycles. The van der Waals surface area contributed by atoms with Crippen molar-refractivity contribution in [1.29, 1.82) is 0 Å². The van der Waals surface area contributed by atoms with Crippen LogP contribution in [0.3, 0.4) is 0 Å². The number of aromatic nitrogens is 4. The van der Waals surface area contributed by atoms with Crippen molar-refractivity contribution >= 4 is 17.5 Å². The lowest BCUT2D eigenvalue weighted by atomic mass is 9.96. The SMILES string of the molecule is COc1ccccc1NC(=O)C1=C(C)Nc2nc(-c3cccc(O)c3)nn2C1c1cccnc1. The van der Waals surface area contributed by atoms with Gasteiger partial charge in [0.25, 0.3) is 5.91 Å². The minimum Gasteiger partial charge on any atom is -0.508 e. The second-order valence-electron chi connectivity index (χ2n) is 7.76. The molecule has 0 spiro atoms. The van der Waals surface area contributed by atoms with Crippen LogP contribution in [-0.4, -0.2) is 37.9 Å². The minimum absolute atomic E-state index is 0.119. The van der Waals surface area contributed by atoms with Crippen LogP contribution in [-0.2, 0) is 4.79 Å². The summed E-state index contributed by atoms with van der Waals surface area (Å²) in [5.74, 6) is 1.28. The second-order valence-corrected chi connectivity index (χ2v) is 7.76. The zero-order valence-corrected chi connectivity index (χ0v) is 18.6. The van der Waals surface area contributed by atoms with Crippen molar-refractivity contribution in [3.8, 4) is 22.9 Å². The fraction of sp³-hybridized carbons (Fsp3) is 0.120. The number of methoxy groups -OCH3 is 1. The molecular weight excluding hydrogens is 432 g/mol. The second kappa shape index (κ2) is 8.70. The van der Waals surface area contributed by atoms with Crippen LogP contribution in [0.2, 0.25) is 0 Å². The Morgan fingerprint density at radius 2 is 2.00 bits per heavy atom. The van der Waals surface area contributed by atoms with Crippen LogP contribution in [0, 0.1) is 0 Å². The number of aromatic hydroxyl groups is 1. The zero-order chi connectivity index (χ0) is 23.7. The molecule has 170 valence electrons. The molecule has 34 heavy (non-hydrogen) atoms. The highest BCUT2D eigenvalue weighted by molar-refractivity contribution is 6.06. The van der Waals surface area contributed by atoms with E-state index in [1.807, 2.05) is 37.3 Å².